The van der Waals surface area contributed by atoms with Gasteiger partial charge in [0.1, 0.15) is 25.4 Å². The van der Waals surface area contributed by atoms with E-state index in [-0.39, 0.29) is 19.3 Å². The number of rotatable bonds is 76. The minimum atomic E-state index is -4.93. The molecular formula is C83H146O16P2. The molecule has 0 rings (SSSR count). The predicted octanol–water partition coefficient (Wildman–Crippen LogP) is 23.5. The van der Waals surface area contributed by atoms with Crippen LogP contribution in [0.25, 0.3) is 0 Å². The van der Waals surface area contributed by atoms with Crippen molar-refractivity contribution in [2.45, 2.75) is 360 Å². The van der Waals surface area contributed by atoms with Crippen molar-refractivity contribution in [1.29, 1.82) is 0 Å². The number of phosphoric acid groups is 2. The van der Waals surface area contributed by atoms with E-state index in [4.69, 9.17) is 32.3 Å². The molecule has 584 valence electrons. The zero-order valence-electron chi connectivity index (χ0n) is 63.8. The fourth-order valence-electron chi connectivity index (χ4n) is 10.9. The Bertz CT molecular complexity index is 2270. The fourth-order valence-corrected chi connectivity index (χ4v) is 12.5. The molecule has 18 heteroatoms. The monoisotopic (exact) mass is 1460 g/mol. The van der Waals surface area contributed by atoms with Crippen LogP contribution in [-0.2, 0) is 55.8 Å². The number of hydrogen-bond donors (Lipinski definition) is 4. The number of aliphatic hydroxyl groups is 2. The number of carbonyl (C=O) groups excluding carboxylic acids is 3. The van der Waals surface area contributed by atoms with Gasteiger partial charge in [0.2, 0.25) is 0 Å². The van der Waals surface area contributed by atoms with E-state index in [0.29, 0.717) is 19.3 Å². The van der Waals surface area contributed by atoms with E-state index < -0.39 is 91.5 Å². The molecule has 16 nitrogen and oxygen atoms in total. The quantitative estimate of drug-likeness (QED) is 0.0146. The van der Waals surface area contributed by atoms with Gasteiger partial charge >= 0.3 is 33.6 Å². The first kappa shape index (κ1) is 97.2. The predicted molar refractivity (Wildman–Crippen MR) is 417 cm³/mol. The van der Waals surface area contributed by atoms with Crippen LogP contribution >= 0.6 is 15.6 Å². The van der Waals surface area contributed by atoms with Gasteiger partial charge < -0.3 is 34.2 Å². The van der Waals surface area contributed by atoms with Gasteiger partial charge in [-0.05, 0) is 109 Å². The van der Waals surface area contributed by atoms with Crippen molar-refractivity contribution >= 4 is 33.6 Å². The number of unbranched alkanes of at least 4 members (excludes halogenated alkanes) is 35. The first-order valence-electron chi connectivity index (χ1n) is 40.2. The van der Waals surface area contributed by atoms with E-state index in [0.717, 1.165) is 116 Å². The Morgan fingerprint density at radius 2 is 0.525 bits per heavy atom. The van der Waals surface area contributed by atoms with Crippen molar-refractivity contribution in [2.24, 2.45) is 0 Å². The van der Waals surface area contributed by atoms with Gasteiger partial charge in [0, 0.05) is 19.3 Å². The van der Waals surface area contributed by atoms with E-state index in [1.807, 2.05) is 0 Å². The zero-order chi connectivity index (χ0) is 73.7. The largest absolute Gasteiger partial charge is 0.472 e. The summed E-state index contributed by atoms with van der Waals surface area (Å²) in [7, 11) is -9.78. The van der Waals surface area contributed by atoms with E-state index in [2.05, 4.69) is 130 Å². The molecule has 0 spiro atoms. The van der Waals surface area contributed by atoms with Crippen LogP contribution in [-0.4, -0.2) is 95.9 Å². The van der Waals surface area contributed by atoms with Gasteiger partial charge in [-0.15, -0.1) is 0 Å². The van der Waals surface area contributed by atoms with Crippen molar-refractivity contribution < 1.29 is 75.8 Å². The molecule has 0 aliphatic rings. The van der Waals surface area contributed by atoms with Gasteiger partial charge in [-0.2, -0.15) is 0 Å². The molecule has 0 aliphatic carbocycles. The van der Waals surface area contributed by atoms with Crippen molar-refractivity contribution in [3.63, 3.8) is 0 Å². The average molecular weight is 1460 g/mol. The summed E-state index contributed by atoms with van der Waals surface area (Å²) < 4.78 is 61.0. The Hall–Kier alpha value is -3.79. The van der Waals surface area contributed by atoms with Crippen molar-refractivity contribution in [3.8, 4) is 0 Å². The summed E-state index contributed by atoms with van der Waals surface area (Å²) >= 11 is 0. The van der Waals surface area contributed by atoms with Gasteiger partial charge in [-0.25, -0.2) is 9.13 Å². The number of allylic oxidation sites excluding steroid dienone is 18. The molecule has 0 heterocycles. The lowest BCUT2D eigenvalue weighted by Gasteiger charge is -2.21. The smallest absolute Gasteiger partial charge is 0.463 e. The zero-order valence-corrected chi connectivity index (χ0v) is 65.6. The number of hydrogen-bond acceptors (Lipinski definition) is 14. The van der Waals surface area contributed by atoms with E-state index >= 15 is 0 Å². The molecule has 0 amide bonds. The summed E-state index contributed by atoms with van der Waals surface area (Å²) in [5, 5.41) is 20.6. The lowest BCUT2D eigenvalue weighted by molar-refractivity contribution is -0.161. The summed E-state index contributed by atoms with van der Waals surface area (Å²) in [6.07, 6.45) is 88.9. The molecule has 0 bridgehead atoms. The lowest BCUT2D eigenvalue weighted by Crippen LogP contribution is -2.30. The molecule has 4 N–H and O–H groups in total. The van der Waals surface area contributed by atoms with Crippen molar-refractivity contribution in [1.82, 2.24) is 0 Å². The highest BCUT2D eigenvalue weighted by Gasteiger charge is 2.29. The molecule has 101 heavy (non-hydrogen) atoms. The highest BCUT2D eigenvalue weighted by atomic mass is 31.2. The number of aliphatic hydroxyl groups excluding tert-OH is 2. The summed E-state index contributed by atoms with van der Waals surface area (Å²) in [5.41, 5.74) is 0. The number of ether oxygens (including phenoxy) is 3. The first-order chi connectivity index (χ1) is 49.2. The van der Waals surface area contributed by atoms with Crippen LogP contribution in [0.15, 0.2) is 109 Å². The normalized spacial score (nSPS) is 14.6. The Balaban J connectivity index is 4.33. The lowest BCUT2D eigenvalue weighted by atomic mass is 10.0. The van der Waals surface area contributed by atoms with Gasteiger partial charge in [0.15, 0.2) is 6.10 Å². The minimum Gasteiger partial charge on any atom is -0.463 e. The maximum absolute atomic E-state index is 12.9. The molecule has 5 atom stereocenters. The maximum atomic E-state index is 12.9. The molecule has 0 aromatic carbocycles. The summed E-state index contributed by atoms with van der Waals surface area (Å²) in [6, 6.07) is 0. The Labute approximate surface area is 615 Å². The molecule has 0 aromatic rings. The molecule has 0 fully saturated rings. The van der Waals surface area contributed by atoms with Crippen LogP contribution in [0.5, 0.6) is 0 Å². The molecule has 0 aliphatic heterocycles. The number of phosphoric ester groups is 2. The molecule has 0 aromatic heterocycles. The summed E-state index contributed by atoms with van der Waals surface area (Å²) in [6.45, 7) is 2.51. The Morgan fingerprint density at radius 3 is 0.861 bits per heavy atom. The third-order valence-corrected chi connectivity index (χ3v) is 18.9. The Kier molecular flexibility index (Phi) is 73.0. The fraction of sp³-hybridized carbons (Fsp3) is 0.747. The second kappa shape index (κ2) is 75.9. The molecule has 0 saturated heterocycles. The number of carbonyl (C=O) groups is 3. The number of esters is 3. The van der Waals surface area contributed by atoms with Crippen LogP contribution < -0.4 is 0 Å². The summed E-state index contributed by atoms with van der Waals surface area (Å²) in [5.74, 6) is -1.60. The van der Waals surface area contributed by atoms with Gasteiger partial charge in [0.05, 0.1) is 26.4 Å². The molecule has 5 unspecified atom stereocenters. The van der Waals surface area contributed by atoms with E-state index in [9.17, 15) is 43.5 Å². The molecular weight excluding hydrogens is 1310 g/mol. The summed E-state index contributed by atoms with van der Waals surface area (Å²) in [4.78, 5) is 58.5. The molecule has 0 radical (unpaired) electrons. The van der Waals surface area contributed by atoms with Crippen LogP contribution in [0.1, 0.15) is 342 Å². The third kappa shape index (κ3) is 77.1. The van der Waals surface area contributed by atoms with Crippen molar-refractivity contribution in [3.05, 3.63) is 109 Å². The van der Waals surface area contributed by atoms with Crippen LogP contribution in [0, 0.1) is 0 Å². The third-order valence-electron chi connectivity index (χ3n) is 17.0. The SMILES string of the molecule is CC/C=C\C/C=C\C/C=C\C/C=C\C/C=C\CCCCCC(=O)OCC(COP(=O)(O)OCC(O)COP(=O)(O)OCC(O)COC(=O)CCCCCCCCCCCCCCCCCCCCC/C=C\C/C=C\C/C=C\C/C=C\CCCCC)OC(=O)CCCCCCCCCCCCC. The van der Waals surface area contributed by atoms with Crippen molar-refractivity contribution in [2.75, 3.05) is 39.6 Å². The molecule has 0 saturated carbocycles. The maximum Gasteiger partial charge on any atom is 0.472 e. The van der Waals surface area contributed by atoms with Crippen LogP contribution in [0.2, 0.25) is 0 Å². The second-order valence-corrected chi connectivity index (χ2v) is 29.8. The van der Waals surface area contributed by atoms with Crippen LogP contribution in [0.4, 0.5) is 0 Å². The van der Waals surface area contributed by atoms with E-state index in [1.165, 1.54) is 167 Å². The van der Waals surface area contributed by atoms with Gasteiger partial charge in [-0.1, -0.05) is 323 Å². The second-order valence-electron chi connectivity index (χ2n) is 26.8. The van der Waals surface area contributed by atoms with Gasteiger partial charge in [0.25, 0.3) is 0 Å². The standard InChI is InChI=1S/C83H146O16P2/c1-4-7-10-13-16-19-22-24-26-28-30-31-32-33-34-35-36-37-38-39-40-41-42-43-44-45-47-49-50-52-55-57-60-63-66-69-81(86)93-72-78(84)73-95-100(89,90)96-74-79(85)75-97-101(91,92)98-77-80(99-83(88)71-68-65-62-59-54-21-18-15-12-9-6-3)76-94-82(87)70-67-64-61-58-56-53-51-48-46-29-27-25-23-20-17-14-11-8-5-2/h8,11,16-17,19-20,24-27,30-31,33-34,46,48,53,56,78-80,84-85H,4-7,9-10,12-15,18,21-23,28-29,32,35-45,47,49-52,54-55,57-77H2,1-3H3,(H,89,90)(H,91,92)/b11-8-,19-16-,20-17-,26-24-,27-25-,31-30-,34-33-,48-46-,56-53-. The minimum absolute atomic E-state index is 0.0988. The first-order valence-corrected chi connectivity index (χ1v) is 43.2. The highest BCUT2D eigenvalue weighted by molar-refractivity contribution is 7.47. The Morgan fingerprint density at radius 1 is 0.287 bits per heavy atom. The average Bonchev–Trinajstić information content (AvgIpc) is 0.957. The van der Waals surface area contributed by atoms with E-state index in [1.54, 1.807) is 0 Å². The van der Waals surface area contributed by atoms with Gasteiger partial charge in [-0.3, -0.25) is 32.5 Å². The topological polar surface area (TPSA) is 231 Å². The van der Waals surface area contributed by atoms with Crippen LogP contribution in [0.3, 0.4) is 0 Å². The highest BCUT2D eigenvalue weighted by Crippen LogP contribution is 2.45.